The van der Waals surface area contributed by atoms with Crippen LogP contribution in [0.15, 0.2) is 17.5 Å². The second-order valence-corrected chi connectivity index (χ2v) is 7.19. The molecule has 1 aliphatic heterocycles. The van der Waals surface area contributed by atoms with Gasteiger partial charge in [0, 0.05) is 24.2 Å². The van der Waals surface area contributed by atoms with Gasteiger partial charge in [-0.15, -0.1) is 11.3 Å². The smallest absolute Gasteiger partial charge is 0.275 e. The van der Waals surface area contributed by atoms with E-state index in [0.29, 0.717) is 5.69 Å². The molecule has 2 heterocycles. The Balaban J connectivity index is 1.67. The summed E-state index contributed by atoms with van der Waals surface area (Å²) in [5.41, 5.74) is 4.72. The standard InChI is InChI=1S/C18H23N3O2S/c1-12-8-13(2)17(14(3)9-12)20-18(22)15-11-24-16(19-15)10-21-4-6-23-7-5-21/h8-9,11H,4-7,10H2,1-3H3,(H,20,22). The van der Waals surface area contributed by atoms with Crippen molar-refractivity contribution in [3.05, 3.63) is 44.9 Å². The maximum absolute atomic E-state index is 12.5. The number of aromatic nitrogens is 1. The predicted octanol–water partition coefficient (Wildman–Crippen LogP) is 3.15. The Bertz CT molecular complexity index is 713. The molecule has 1 fully saturated rings. The van der Waals surface area contributed by atoms with E-state index in [2.05, 4.69) is 34.3 Å². The molecular weight excluding hydrogens is 322 g/mol. The quantitative estimate of drug-likeness (QED) is 0.925. The van der Waals surface area contributed by atoms with Crippen molar-refractivity contribution in [2.24, 2.45) is 0 Å². The largest absolute Gasteiger partial charge is 0.379 e. The molecule has 2 aromatic rings. The molecule has 5 nitrogen and oxygen atoms in total. The number of rotatable bonds is 4. The second-order valence-electron chi connectivity index (χ2n) is 6.24. The molecule has 1 aromatic heterocycles. The average Bonchev–Trinajstić information content (AvgIpc) is 3.00. The van der Waals surface area contributed by atoms with Gasteiger partial charge in [-0.05, 0) is 31.9 Å². The first-order valence-electron chi connectivity index (χ1n) is 8.16. The monoisotopic (exact) mass is 345 g/mol. The summed E-state index contributed by atoms with van der Waals surface area (Å²) in [5, 5.41) is 5.82. The highest BCUT2D eigenvalue weighted by atomic mass is 32.1. The SMILES string of the molecule is Cc1cc(C)c(NC(=O)c2csc(CN3CCOCC3)n2)c(C)c1. The van der Waals surface area contributed by atoms with Crippen LogP contribution in [0.2, 0.25) is 0 Å². The Morgan fingerprint density at radius 2 is 1.92 bits per heavy atom. The zero-order chi connectivity index (χ0) is 17.1. The lowest BCUT2D eigenvalue weighted by Crippen LogP contribution is -2.35. The number of nitrogens with one attached hydrogen (secondary N) is 1. The van der Waals surface area contributed by atoms with Crippen LogP contribution >= 0.6 is 11.3 Å². The van der Waals surface area contributed by atoms with E-state index >= 15 is 0 Å². The van der Waals surface area contributed by atoms with Crippen molar-refractivity contribution >= 4 is 22.9 Å². The van der Waals surface area contributed by atoms with Crippen molar-refractivity contribution in [1.29, 1.82) is 0 Å². The van der Waals surface area contributed by atoms with Gasteiger partial charge in [-0.25, -0.2) is 4.98 Å². The van der Waals surface area contributed by atoms with Crippen LogP contribution in [0.25, 0.3) is 0 Å². The molecule has 0 aliphatic carbocycles. The third kappa shape index (κ3) is 4.01. The summed E-state index contributed by atoms with van der Waals surface area (Å²) in [6.45, 7) is 10.2. The Labute approximate surface area is 146 Å². The summed E-state index contributed by atoms with van der Waals surface area (Å²) in [7, 11) is 0. The van der Waals surface area contributed by atoms with Crippen molar-refractivity contribution in [3.63, 3.8) is 0 Å². The number of ether oxygens (including phenoxy) is 1. The molecular formula is C18H23N3O2S. The minimum Gasteiger partial charge on any atom is -0.379 e. The Kier molecular flexibility index (Phi) is 5.28. The topological polar surface area (TPSA) is 54.5 Å². The summed E-state index contributed by atoms with van der Waals surface area (Å²) in [6, 6.07) is 4.15. The molecule has 0 unspecified atom stereocenters. The van der Waals surface area contributed by atoms with Crippen LogP contribution in [0.1, 0.15) is 32.2 Å². The number of hydrogen-bond acceptors (Lipinski definition) is 5. The van der Waals surface area contributed by atoms with Crippen molar-refractivity contribution in [1.82, 2.24) is 9.88 Å². The van der Waals surface area contributed by atoms with Gasteiger partial charge in [0.15, 0.2) is 0 Å². The molecule has 1 aromatic carbocycles. The lowest BCUT2D eigenvalue weighted by Gasteiger charge is -2.25. The van der Waals surface area contributed by atoms with Gasteiger partial charge < -0.3 is 10.1 Å². The minimum atomic E-state index is -0.144. The fourth-order valence-corrected chi connectivity index (χ4v) is 3.81. The van der Waals surface area contributed by atoms with E-state index in [4.69, 9.17) is 4.74 Å². The number of nitrogens with zero attached hydrogens (tertiary/aromatic N) is 2. The van der Waals surface area contributed by atoms with Gasteiger partial charge in [0.2, 0.25) is 0 Å². The number of aryl methyl sites for hydroxylation is 3. The minimum absolute atomic E-state index is 0.144. The summed E-state index contributed by atoms with van der Waals surface area (Å²) in [4.78, 5) is 19.3. The Hall–Kier alpha value is -1.76. The number of hydrogen-bond donors (Lipinski definition) is 1. The van der Waals surface area contributed by atoms with Crippen LogP contribution in [0.3, 0.4) is 0 Å². The summed E-state index contributed by atoms with van der Waals surface area (Å²) in [6.07, 6.45) is 0. The zero-order valence-corrected chi connectivity index (χ0v) is 15.2. The normalized spacial score (nSPS) is 15.5. The van der Waals surface area contributed by atoms with Gasteiger partial charge in [-0.3, -0.25) is 9.69 Å². The maximum atomic E-state index is 12.5. The van der Waals surface area contributed by atoms with Crippen molar-refractivity contribution in [2.75, 3.05) is 31.6 Å². The van der Waals surface area contributed by atoms with Crippen LogP contribution in [-0.2, 0) is 11.3 Å². The molecule has 3 rings (SSSR count). The molecule has 1 aliphatic rings. The molecule has 0 saturated carbocycles. The van der Waals surface area contributed by atoms with Crippen LogP contribution in [0.4, 0.5) is 5.69 Å². The highest BCUT2D eigenvalue weighted by Gasteiger charge is 2.16. The number of amides is 1. The number of thiazole rings is 1. The van der Waals surface area contributed by atoms with E-state index in [1.54, 1.807) is 0 Å². The molecule has 6 heteroatoms. The predicted molar refractivity (Wildman–Crippen MR) is 96.8 cm³/mol. The van der Waals surface area contributed by atoms with Gasteiger partial charge in [0.1, 0.15) is 10.7 Å². The van der Waals surface area contributed by atoms with Gasteiger partial charge in [0.25, 0.3) is 5.91 Å². The van der Waals surface area contributed by atoms with Crippen LogP contribution in [-0.4, -0.2) is 42.1 Å². The Morgan fingerprint density at radius 3 is 2.58 bits per heavy atom. The molecule has 0 radical (unpaired) electrons. The van der Waals surface area contributed by atoms with E-state index in [0.717, 1.165) is 54.7 Å². The molecule has 0 spiro atoms. The summed E-state index contributed by atoms with van der Waals surface area (Å²) < 4.78 is 5.36. The van der Waals surface area contributed by atoms with Crippen LogP contribution in [0.5, 0.6) is 0 Å². The third-order valence-electron chi connectivity index (χ3n) is 4.16. The number of carbonyl (C=O) groups is 1. The molecule has 24 heavy (non-hydrogen) atoms. The third-order valence-corrected chi connectivity index (χ3v) is 5.00. The van der Waals surface area contributed by atoms with Gasteiger partial charge in [0.05, 0.1) is 19.8 Å². The first-order chi connectivity index (χ1) is 11.5. The number of anilines is 1. The molecule has 128 valence electrons. The average molecular weight is 345 g/mol. The summed E-state index contributed by atoms with van der Waals surface area (Å²) >= 11 is 1.54. The lowest BCUT2D eigenvalue weighted by atomic mass is 10.1. The molecule has 1 amide bonds. The zero-order valence-electron chi connectivity index (χ0n) is 14.4. The fourth-order valence-electron chi connectivity index (χ4n) is 2.99. The van der Waals surface area contributed by atoms with Gasteiger partial charge in [-0.2, -0.15) is 0 Å². The fraction of sp³-hybridized carbons (Fsp3) is 0.444. The highest BCUT2D eigenvalue weighted by molar-refractivity contribution is 7.09. The summed E-state index contributed by atoms with van der Waals surface area (Å²) in [5.74, 6) is -0.144. The Morgan fingerprint density at radius 1 is 1.25 bits per heavy atom. The van der Waals surface area contributed by atoms with Crippen molar-refractivity contribution < 1.29 is 9.53 Å². The van der Waals surface area contributed by atoms with E-state index < -0.39 is 0 Å². The van der Waals surface area contributed by atoms with Gasteiger partial charge in [-0.1, -0.05) is 17.7 Å². The number of carbonyl (C=O) groups excluding carboxylic acids is 1. The molecule has 1 N–H and O–H groups in total. The highest BCUT2D eigenvalue weighted by Crippen LogP contribution is 2.23. The van der Waals surface area contributed by atoms with E-state index in [1.807, 2.05) is 19.2 Å². The van der Waals surface area contributed by atoms with E-state index in [1.165, 1.54) is 16.9 Å². The first-order valence-corrected chi connectivity index (χ1v) is 9.04. The van der Waals surface area contributed by atoms with Crippen LogP contribution in [0, 0.1) is 20.8 Å². The van der Waals surface area contributed by atoms with Gasteiger partial charge >= 0.3 is 0 Å². The van der Waals surface area contributed by atoms with E-state index in [-0.39, 0.29) is 5.91 Å². The first kappa shape index (κ1) is 17.1. The van der Waals surface area contributed by atoms with Crippen molar-refractivity contribution in [2.45, 2.75) is 27.3 Å². The molecule has 0 atom stereocenters. The number of morpholine rings is 1. The lowest BCUT2D eigenvalue weighted by molar-refractivity contribution is 0.0341. The molecule has 1 saturated heterocycles. The molecule has 0 bridgehead atoms. The van der Waals surface area contributed by atoms with Crippen LogP contribution < -0.4 is 5.32 Å². The number of benzene rings is 1. The maximum Gasteiger partial charge on any atom is 0.275 e. The second kappa shape index (κ2) is 7.42. The van der Waals surface area contributed by atoms with Crippen molar-refractivity contribution in [3.8, 4) is 0 Å². The van der Waals surface area contributed by atoms with E-state index in [9.17, 15) is 4.79 Å².